The number of carbonyl (C=O) groups is 7. The number of nitrogens with zero attached hydrogens (tertiary/aromatic N) is 5. The summed E-state index contributed by atoms with van der Waals surface area (Å²) in [6, 6.07) is 16.2. The van der Waals surface area contributed by atoms with Crippen LogP contribution in [0.2, 0.25) is 0 Å². The molecular weight excluding hydrogens is 857 g/mol. The molecule has 2 aromatic carbocycles. The normalized spacial score (nSPS) is 15.3. The molecule has 4 atom stereocenters. The third kappa shape index (κ3) is 15.8. The molecule has 0 aliphatic carbocycles. The summed E-state index contributed by atoms with van der Waals surface area (Å²) in [6.45, 7) is 7.39. The highest BCUT2D eigenvalue weighted by Gasteiger charge is 2.29. The zero-order chi connectivity index (χ0) is 49.5. The minimum atomic E-state index is -1.34. The van der Waals surface area contributed by atoms with Gasteiger partial charge in [0.25, 0.3) is 0 Å². The monoisotopic (exact) mass is 924 g/mol. The molecule has 3 heterocycles. The Morgan fingerprint density at radius 3 is 2.06 bits per heavy atom. The fourth-order valence-corrected chi connectivity index (χ4v) is 7.59. The number of likely N-dealkylation sites (tertiary alicyclic amines) is 1. The van der Waals surface area contributed by atoms with Crippen LogP contribution in [-0.4, -0.2) is 111 Å². The number of hydrogen-bond acceptors (Lipinski definition) is 12. The Labute approximate surface area is 392 Å². The summed E-state index contributed by atoms with van der Waals surface area (Å²) in [5.74, 6) is -3.32. The number of nitrogen functional groups attached to an aromatic ring is 1. The lowest BCUT2D eigenvalue weighted by molar-refractivity contribution is -0.916. The number of amides is 7. The van der Waals surface area contributed by atoms with Crippen molar-refractivity contribution in [3.63, 3.8) is 0 Å². The number of fused-ring (bicyclic) bond motifs is 1. The van der Waals surface area contributed by atoms with E-state index in [0.717, 1.165) is 53.2 Å². The van der Waals surface area contributed by atoms with Gasteiger partial charge in [0.2, 0.25) is 47.3 Å². The van der Waals surface area contributed by atoms with Crippen molar-refractivity contribution in [2.24, 2.45) is 5.73 Å². The predicted molar refractivity (Wildman–Crippen MR) is 254 cm³/mol. The molecule has 1 fully saturated rings. The van der Waals surface area contributed by atoms with Gasteiger partial charge in [0, 0.05) is 62.6 Å². The fraction of sp³-hybridized carbons (Fsp3) is 0.458. The number of benzene rings is 2. The minimum absolute atomic E-state index is 0.0939. The molecule has 358 valence electrons. The maximum Gasteiger partial charge on any atom is 0.247 e. The average molecular weight is 924 g/mol. The second kappa shape index (κ2) is 24.0. The number of quaternary nitrogens is 1. The Hall–Kier alpha value is -7.02. The first kappa shape index (κ1) is 49.4. The van der Waals surface area contributed by atoms with Gasteiger partial charge in [-0.25, -0.2) is 9.97 Å². The summed E-state index contributed by atoms with van der Waals surface area (Å²) in [5, 5.41) is 13.7. The first-order chi connectivity index (χ1) is 32.3. The van der Waals surface area contributed by atoms with E-state index in [0.29, 0.717) is 59.2 Å². The molecule has 0 saturated carbocycles. The van der Waals surface area contributed by atoms with E-state index in [1.54, 1.807) is 12.1 Å². The standard InChI is InChI=1S/C48H64N12O7/c1-6-7-24-51-44-43-37(57-48(50)58-44)21-20-36(54-43)26-32-12-14-33(15-13-32)28-60(4,5)29-34-16-18-35(19-17-34)55-47(67)38(27-39(49)61)56-46(66)31(3)53-45(65)30(2)52-40(62)11-9-8-10-25-59-41(63)22-23-42(59)64/h12-21,30-31,38H,6-11,22-29H2,1-5H3,(H8-,49,50,51,52,53,55,56,57,58,61,62,65,66,67)/p+1/t30-,31-,38-/m0/s1/i22T/t22?,30-,31-,38-. The average Bonchev–Trinajstić information content (AvgIpc) is 3.52. The van der Waals surface area contributed by atoms with Crippen LogP contribution in [0.15, 0.2) is 60.7 Å². The highest BCUT2D eigenvalue weighted by atomic mass is 16.2. The van der Waals surface area contributed by atoms with Gasteiger partial charge in [-0.1, -0.05) is 56.2 Å². The lowest BCUT2D eigenvalue weighted by atomic mass is 10.1. The number of hydrogen-bond donors (Lipinski definition) is 7. The largest absolute Gasteiger partial charge is 0.370 e. The highest BCUT2D eigenvalue weighted by Crippen LogP contribution is 2.23. The Morgan fingerprint density at radius 1 is 0.776 bits per heavy atom. The van der Waals surface area contributed by atoms with E-state index in [1.807, 2.05) is 24.3 Å². The van der Waals surface area contributed by atoms with Gasteiger partial charge in [-0.2, -0.15) is 4.98 Å². The molecule has 0 spiro atoms. The van der Waals surface area contributed by atoms with Crippen molar-refractivity contribution in [3.8, 4) is 0 Å². The van der Waals surface area contributed by atoms with Crippen molar-refractivity contribution in [2.75, 3.05) is 43.6 Å². The fourth-order valence-electron chi connectivity index (χ4n) is 7.59. The molecule has 67 heavy (non-hydrogen) atoms. The topological polar surface area (TPSA) is 274 Å². The lowest BCUT2D eigenvalue weighted by Crippen LogP contribution is -2.55. The molecule has 0 bridgehead atoms. The quantitative estimate of drug-likeness (QED) is 0.0287. The van der Waals surface area contributed by atoms with Crippen molar-refractivity contribution in [3.05, 3.63) is 83.0 Å². The summed E-state index contributed by atoms with van der Waals surface area (Å²) >= 11 is 0. The van der Waals surface area contributed by atoms with E-state index in [9.17, 15) is 33.6 Å². The van der Waals surface area contributed by atoms with Crippen molar-refractivity contribution >= 4 is 69.8 Å². The van der Waals surface area contributed by atoms with Crippen molar-refractivity contribution in [1.29, 1.82) is 0 Å². The smallest absolute Gasteiger partial charge is 0.247 e. The van der Waals surface area contributed by atoms with Crippen LogP contribution in [-0.2, 0) is 53.1 Å². The van der Waals surface area contributed by atoms with E-state index in [1.165, 1.54) is 13.8 Å². The summed E-state index contributed by atoms with van der Waals surface area (Å²) in [6.07, 6.45) is 2.62. The van der Waals surface area contributed by atoms with Gasteiger partial charge in [-0.3, -0.25) is 38.5 Å². The number of nitrogens with two attached hydrogens (primary N) is 2. The molecule has 9 N–H and O–H groups in total. The molecule has 7 amide bonds. The molecule has 19 nitrogen and oxygen atoms in total. The van der Waals surface area contributed by atoms with E-state index < -0.39 is 66.4 Å². The van der Waals surface area contributed by atoms with Crippen LogP contribution in [0.25, 0.3) is 11.0 Å². The maximum atomic E-state index is 13.3. The van der Waals surface area contributed by atoms with Crippen molar-refractivity contribution in [1.82, 2.24) is 35.8 Å². The number of unbranched alkanes of at least 4 members (excludes halogenated alkanes) is 3. The number of nitrogens with one attached hydrogen (secondary N) is 5. The summed E-state index contributed by atoms with van der Waals surface area (Å²) in [5.41, 5.74) is 17.4. The Morgan fingerprint density at radius 2 is 1.42 bits per heavy atom. The Balaban J connectivity index is 1.06. The molecule has 1 aliphatic heterocycles. The van der Waals surface area contributed by atoms with Gasteiger partial charge < -0.3 is 42.5 Å². The molecule has 1 aliphatic rings. The number of aromatic nitrogens is 3. The number of pyridine rings is 1. The van der Waals surface area contributed by atoms with Gasteiger partial charge in [0.1, 0.15) is 36.7 Å². The van der Waals surface area contributed by atoms with Gasteiger partial charge in [-0.05, 0) is 62.9 Å². The molecule has 5 rings (SSSR count). The van der Waals surface area contributed by atoms with Crippen LogP contribution in [0, 0.1) is 0 Å². The zero-order valence-electron chi connectivity index (χ0n) is 40.0. The first-order valence-electron chi connectivity index (χ1n) is 23.3. The minimum Gasteiger partial charge on any atom is -0.370 e. The van der Waals surface area contributed by atoms with Crippen LogP contribution < -0.4 is 38.1 Å². The number of carbonyl (C=O) groups excluding carboxylic acids is 7. The van der Waals surface area contributed by atoms with Crippen LogP contribution in [0.3, 0.4) is 0 Å². The first-order valence-corrected chi connectivity index (χ1v) is 22.7. The zero-order valence-corrected chi connectivity index (χ0v) is 39.0. The summed E-state index contributed by atoms with van der Waals surface area (Å²) in [4.78, 5) is 102. The van der Waals surface area contributed by atoms with Crippen molar-refractivity contribution < 1.29 is 39.4 Å². The summed E-state index contributed by atoms with van der Waals surface area (Å²) < 4.78 is 8.22. The second-order valence-electron chi connectivity index (χ2n) is 17.7. The number of anilines is 3. The molecule has 0 radical (unpaired) electrons. The Bertz CT molecular complexity index is 2450. The third-order valence-corrected chi connectivity index (χ3v) is 11.2. The van der Waals surface area contributed by atoms with Crippen molar-refractivity contribution in [2.45, 2.75) is 116 Å². The van der Waals surface area contributed by atoms with Gasteiger partial charge >= 0.3 is 0 Å². The molecule has 4 aromatic rings. The molecule has 2 aromatic heterocycles. The predicted octanol–water partition coefficient (Wildman–Crippen LogP) is 3.20. The third-order valence-electron chi connectivity index (χ3n) is 11.2. The SMILES string of the molecule is [3H]C1CC(=O)N(CCCCCC(=O)N[C@@H](C)C(=O)N[C@@H](C)C(=O)N[C@@H](CC(N)=O)C(=O)Nc2ccc(C[N+](C)(C)Cc3ccc(Cc4ccc5nc(N)nc(NCCCC)c5n4)cc3)cc2)C1=O. The second-order valence-corrected chi connectivity index (χ2v) is 17.7. The van der Waals surface area contributed by atoms with Gasteiger partial charge in [0.15, 0.2) is 5.82 Å². The van der Waals surface area contributed by atoms with E-state index >= 15 is 0 Å². The van der Waals surface area contributed by atoms with E-state index in [4.69, 9.17) is 17.8 Å². The molecular formula is C48H65N12O7+. The highest BCUT2D eigenvalue weighted by molar-refractivity contribution is 6.02. The van der Waals surface area contributed by atoms with Gasteiger partial charge in [0.05, 0.1) is 26.0 Å². The van der Waals surface area contributed by atoms with E-state index in [-0.39, 0.29) is 31.2 Å². The van der Waals surface area contributed by atoms with Gasteiger partial charge in [-0.15, -0.1) is 0 Å². The maximum absolute atomic E-state index is 13.3. The van der Waals surface area contributed by atoms with Crippen LogP contribution in [0.1, 0.15) is 102 Å². The Kier molecular flexibility index (Phi) is 17.7. The van der Waals surface area contributed by atoms with E-state index in [2.05, 4.69) is 81.8 Å². The summed E-state index contributed by atoms with van der Waals surface area (Å²) in [7, 11) is 4.27. The molecule has 19 heteroatoms. The lowest BCUT2D eigenvalue weighted by Gasteiger charge is -2.30. The molecule has 1 unspecified atom stereocenters. The van der Waals surface area contributed by atoms with Crippen LogP contribution in [0.4, 0.5) is 17.5 Å². The number of rotatable bonds is 25. The van der Waals surface area contributed by atoms with Crippen LogP contribution >= 0.6 is 0 Å². The number of primary amides is 1. The molecule has 1 saturated heterocycles. The van der Waals surface area contributed by atoms with Crippen LogP contribution in [0.5, 0.6) is 0 Å². The number of imide groups is 1.